The summed E-state index contributed by atoms with van der Waals surface area (Å²) >= 11 is 0. The van der Waals surface area contributed by atoms with E-state index in [2.05, 4.69) is 26.8 Å². The van der Waals surface area contributed by atoms with Crippen LogP contribution in [0.2, 0.25) is 0 Å². The van der Waals surface area contributed by atoms with E-state index >= 15 is 0 Å². The van der Waals surface area contributed by atoms with E-state index in [1.165, 1.54) is 36.8 Å². The number of ketones is 3. The van der Waals surface area contributed by atoms with E-state index < -0.39 is 0 Å². The topological polar surface area (TPSA) is 51.2 Å². The molecule has 1 rings (SSSR count). The van der Waals surface area contributed by atoms with Gasteiger partial charge in [0.15, 0.2) is 11.6 Å². The van der Waals surface area contributed by atoms with Gasteiger partial charge in [-0.3, -0.25) is 9.59 Å². The van der Waals surface area contributed by atoms with Crippen LogP contribution in [0.4, 0.5) is 8.78 Å². The molecule has 36 heavy (non-hydrogen) atoms. The quantitative estimate of drug-likeness (QED) is 0.123. The van der Waals surface area contributed by atoms with Crippen LogP contribution in [0.25, 0.3) is 0 Å². The number of allylic oxidation sites excluding steroid dienone is 6. The van der Waals surface area contributed by atoms with Crippen molar-refractivity contribution in [2.24, 2.45) is 5.92 Å². The second kappa shape index (κ2) is 21.6. The molecule has 0 unspecified atom stereocenters. The molecular weight excluding hydrogens is 458 g/mol. The minimum absolute atomic E-state index is 0.0976. The van der Waals surface area contributed by atoms with E-state index in [0.717, 1.165) is 44.9 Å². The molecular formula is C31H46F2O3. The fourth-order valence-electron chi connectivity index (χ4n) is 3.11. The summed E-state index contributed by atoms with van der Waals surface area (Å²) in [6, 6.07) is 5.86. The second-order valence-corrected chi connectivity index (χ2v) is 8.89. The predicted octanol–water partition coefficient (Wildman–Crippen LogP) is 9.33. The van der Waals surface area contributed by atoms with E-state index in [4.69, 9.17) is 0 Å². The summed E-state index contributed by atoms with van der Waals surface area (Å²) in [6.07, 6.45) is 11.3. The summed E-state index contributed by atoms with van der Waals surface area (Å²) in [5.74, 6) is -0.211. The first-order chi connectivity index (χ1) is 16.9. The first-order valence-electron chi connectivity index (χ1n) is 12.8. The molecule has 3 nitrogen and oxygen atoms in total. The summed E-state index contributed by atoms with van der Waals surface area (Å²) in [5, 5.41) is 0. The lowest BCUT2D eigenvalue weighted by Crippen LogP contribution is -2.14. The second-order valence-electron chi connectivity index (χ2n) is 8.89. The van der Waals surface area contributed by atoms with Gasteiger partial charge in [-0.1, -0.05) is 44.4 Å². The summed E-state index contributed by atoms with van der Waals surface area (Å²) in [5.41, 5.74) is 2.45. The Hall–Kier alpha value is -2.69. The van der Waals surface area contributed by atoms with Gasteiger partial charge in [-0.2, -0.15) is 0 Å². The number of Topliss-reactive ketones (excluding diaryl/α,β-unsaturated/α-hetero) is 3. The largest absolute Gasteiger partial charge is 0.300 e. The van der Waals surface area contributed by atoms with Crippen LogP contribution in [-0.4, -0.2) is 17.3 Å². The monoisotopic (exact) mass is 504 g/mol. The molecule has 0 saturated carbocycles. The predicted molar refractivity (Wildman–Crippen MR) is 147 cm³/mol. The Morgan fingerprint density at radius 2 is 1.39 bits per heavy atom. The maximum absolute atomic E-state index is 12.7. The molecule has 0 amide bonds. The minimum Gasteiger partial charge on any atom is -0.300 e. The van der Waals surface area contributed by atoms with Crippen LogP contribution in [-0.2, 0) is 9.59 Å². The zero-order chi connectivity index (χ0) is 28.1. The van der Waals surface area contributed by atoms with Crippen LogP contribution in [0.3, 0.4) is 0 Å². The van der Waals surface area contributed by atoms with E-state index in [9.17, 15) is 23.2 Å². The molecule has 0 aliphatic heterocycles. The molecule has 0 atom stereocenters. The van der Waals surface area contributed by atoms with Crippen LogP contribution in [0, 0.1) is 11.7 Å². The molecule has 1 aromatic rings. The molecule has 0 heterocycles. The third-order valence-corrected chi connectivity index (χ3v) is 5.55. The van der Waals surface area contributed by atoms with Crippen LogP contribution in [0.1, 0.15) is 111 Å². The third-order valence-electron chi connectivity index (χ3n) is 5.55. The van der Waals surface area contributed by atoms with Crippen molar-refractivity contribution >= 4 is 17.3 Å². The highest BCUT2D eigenvalue weighted by Gasteiger charge is 2.18. The molecule has 0 radical (unpaired) electrons. The first kappa shape index (κ1) is 35.5. The highest BCUT2D eigenvalue weighted by Crippen LogP contribution is 2.19. The van der Waals surface area contributed by atoms with Crippen LogP contribution in [0.5, 0.6) is 0 Å². The summed E-state index contributed by atoms with van der Waals surface area (Å²) in [6.45, 7) is 14.5. The van der Waals surface area contributed by atoms with E-state index in [1.807, 2.05) is 6.92 Å². The van der Waals surface area contributed by atoms with Gasteiger partial charge in [-0.05, 0) is 103 Å². The Bertz CT molecular complexity index is 872. The van der Waals surface area contributed by atoms with Crippen LogP contribution < -0.4 is 0 Å². The van der Waals surface area contributed by atoms with Gasteiger partial charge in [0.25, 0.3) is 0 Å². The van der Waals surface area contributed by atoms with Gasteiger partial charge >= 0.3 is 0 Å². The number of benzene rings is 1. The van der Waals surface area contributed by atoms with Crippen molar-refractivity contribution in [3.05, 3.63) is 70.8 Å². The standard InChI is InChI=1S/C14H19FO.C9H16O.C8H11FO/c1-3-5-11(6-4-2)14(16)12-7-9-13(15)10-8-12;1-4-8(2)6-5-7-9(3)10;1-4-8(9)5-6(2)7(3)10/h7-11H,3-6H2,1-2H3;4H,5-7H2,1-3H3;4-5H,1-3H3/b;8-4+;6-5+,8-4+. The lowest BCUT2D eigenvalue weighted by atomic mass is 9.90. The Morgan fingerprint density at radius 1 is 0.861 bits per heavy atom. The third kappa shape index (κ3) is 18.6. The molecule has 0 N–H and O–H groups in total. The van der Waals surface area contributed by atoms with Gasteiger partial charge in [0.1, 0.15) is 17.4 Å². The van der Waals surface area contributed by atoms with Crippen LogP contribution >= 0.6 is 0 Å². The van der Waals surface area contributed by atoms with Gasteiger partial charge in [-0.15, -0.1) is 0 Å². The fourth-order valence-corrected chi connectivity index (χ4v) is 3.11. The average Bonchev–Trinajstić information content (AvgIpc) is 2.84. The SMILES string of the molecule is C/C=C(F)\C=C(/C)C(C)=O.C/C=C(\C)CCCC(C)=O.CCCC(CCC)C(=O)c1ccc(F)cc1. The minimum atomic E-state index is -0.368. The Morgan fingerprint density at radius 3 is 1.78 bits per heavy atom. The van der Waals surface area contributed by atoms with Crippen molar-refractivity contribution in [2.45, 2.75) is 100 Å². The lowest BCUT2D eigenvalue weighted by molar-refractivity contribution is -0.117. The number of hydrogen-bond acceptors (Lipinski definition) is 3. The molecule has 202 valence electrons. The molecule has 0 fully saturated rings. The molecule has 0 aliphatic rings. The normalized spacial score (nSPS) is 11.8. The lowest BCUT2D eigenvalue weighted by Gasteiger charge is -2.13. The summed E-state index contributed by atoms with van der Waals surface area (Å²) in [7, 11) is 0. The number of rotatable bonds is 12. The summed E-state index contributed by atoms with van der Waals surface area (Å²) < 4.78 is 25.1. The maximum Gasteiger partial charge on any atom is 0.165 e. The molecule has 0 spiro atoms. The molecule has 0 aromatic heterocycles. The highest BCUT2D eigenvalue weighted by atomic mass is 19.1. The number of halogens is 2. The molecule has 1 aromatic carbocycles. The van der Waals surface area contributed by atoms with Crippen molar-refractivity contribution in [2.75, 3.05) is 0 Å². The maximum atomic E-state index is 12.7. The van der Waals surface area contributed by atoms with Gasteiger partial charge in [-0.25, -0.2) is 8.78 Å². The molecule has 0 saturated heterocycles. The van der Waals surface area contributed by atoms with Crippen LogP contribution in [0.15, 0.2) is 59.5 Å². The van der Waals surface area contributed by atoms with E-state index in [-0.39, 0.29) is 29.1 Å². The molecule has 0 bridgehead atoms. The van der Waals surface area contributed by atoms with Crippen molar-refractivity contribution in [3.63, 3.8) is 0 Å². The first-order valence-corrected chi connectivity index (χ1v) is 12.8. The zero-order valence-corrected chi connectivity index (χ0v) is 23.5. The summed E-state index contributed by atoms with van der Waals surface area (Å²) in [4.78, 5) is 33.1. The van der Waals surface area contributed by atoms with Crippen molar-refractivity contribution in [1.29, 1.82) is 0 Å². The highest BCUT2D eigenvalue weighted by molar-refractivity contribution is 5.97. The smallest absolute Gasteiger partial charge is 0.165 e. The molecule has 5 heteroatoms. The Balaban J connectivity index is 0. The molecule has 0 aliphatic carbocycles. The Labute approximate surface area is 217 Å². The average molecular weight is 505 g/mol. The number of carbonyl (C=O) groups excluding carboxylic acids is 3. The van der Waals surface area contributed by atoms with Gasteiger partial charge in [0.2, 0.25) is 0 Å². The fraction of sp³-hybridized carbons (Fsp3) is 0.516. The van der Waals surface area contributed by atoms with Crippen molar-refractivity contribution in [1.82, 2.24) is 0 Å². The van der Waals surface area contributed by atoms with Gasteiger partial charge < -0.3 is 4.79 Å². The zero-order valence-electron chi connectivity index (χ0n) is 23.5. The van der Waals surface area contributed by atoms with Crippen molar-refractivity contribution in [3.8, 4) is 0 Å². The van der Waals surface area contributed by atoms with Gasteiger partial charge in [0.05, 0.1) is 0 Å². The van der Waals surface area contributed by atoms with E-state index in [1.54, 1.807) is 32.9 Å². The van der Waals surface area contributed by atoms with E-state index in [0.29, 0.717) is 16.9 Å². The number of hydrogen-bond donors (Lipinski definition) is 0. The number of carbonyl (C=O) groups is 3. The Kier molecular flexibility index (Phi) is 21.3. The van der Waals surface area contributed by atoms with Gasteiger partial charge in [0, 0.05) is 17.9 Å². The van der Waals surface area contributed by atoms with Crippen molar-refractivity contribution < 1.29 is 23.2 Å².